The average molecular weight is 391 g/mol. The molecule has 0 aliphatic carbocycles. The van der Waals surface area contributed by atoms with Crippen molar-refractivity contribution in [1.29, 1.82) is 0 Å². The van der Waals surface area contributed by atoms with Crippen molar-refractivity contribution in [3.05, 3.63) is 65.2 Å². The summed E-state index contributed by atoms with van der Waals surface area (Å²) >= 11 is 0. The number of fused-ring (bicyclic) bond motifs is 2. The van der Waals surface area contributed by atoms with Gasteiger partial charge in [-0.1, -0.05) is 39.0 Å². The molecule has 1 aliphatic rings. The molecule has 0 saturated carbocycles. The molecule has 0 saturated heterocycles. The first kappa shape index (κ1) is 19.2. The highest BCUT2D eigenvalue weighted by Gasteiger charge is 2.27. The van der Waals surface area contributed by atoms with Crippen LogP contribution in [0.1, 0.15) is 48.0 Å². The van der Waals surface area contributed by atoms with Gasteiger partial charge in [0.15, 0.2) is 5.76 Å². The van der Waals surface area contributed by atoms with E-state index < -0.39 is 0 Å². The van der Waals surface area contributed by atoms with Gasteiger partial charge in [-0.05, 0) is 34.7 Å². The summed E-state index contributed by atoms with van der Waals surface area (Å²) in [7, 11) is 0. The van der Waals surface area contributed by atoms with Gasteiger partial charge in [0.1, 0.15) is 5.58 Å². The second kappa shape index (κ2) is 7.70. The number of benzene rings is 1. The van der Waals surface area contributed by atoms with Crippen LogP contribution >= 0.6 is 0 Å². The second-order valence-corrected chi connectivity index (χ2v) is 8.04. The lowest BCUT2D eigenvalue weighted by Gasteiger charge is -2.15. The van der Waals surface area contributed by atoms with E-state index in [1.54, 1.807) is 29.4 Å². The van der Waals surface area contributed by atoms with Gasteiger partial charge in [-0.25, -0.2) is 0 Å². The fourth-order valence-corrected chi connectivity index (χ4v) is 3.50. The molecule has 1 unspecified atom stereocenters. The molecule has 0 fully saturated rings. The predicted octanol–water partition coefficient (Wildman–Crippen LogP) is 3.89. The van der Waals surface area contributed by atoms with Gasteiger partial charge in [-0.3, -0.25) is 14.6 Å². The van der Waals surface area contributed by atoms with Gasteiger partial charge < -0.3 is 14.6 Å². The van der Waals surface area contributed by atoms with Gasteiger partial charge >= 0.3 is 0 Å². The van der Waals surface area contributed by atoms with Crippen molar-refractivity contribution in [2.24, 2.45) is 11.8 Å². The standard InChI is InChI=1S/C23H25N3O3/c1-14(2)15(3)22(27)25-10-16-4-5-17-12-26(13-19(17)8-16)23(28)21-9-18-11-24-7-6-20(18)29-21/h4-9,11,14-15H,10,12-13H2,1-3H3,(H,25,27). The van der Waals surface area contributed by atoms with Crippen LogP contribution in [0.2, 0.25) is 0 Å². The fraction of sp³-hybridized carbons (Fsp3) is 0.348. The molecule has 2 amide bonds. The summed E-state index contributed by atoms with van der Waals surface area (Å²) in [5, 5.41) is 3.83. The third-order valence-corrected chi connectivity index (χ3v) is 5.69. The highest BCUT2D eigenvalue weighted by atomic mass is 16.3. The lowest BCUT2D eigenvalue weighted by molar-refractivity contribution is -0.125. The van der Waals surface area contributed by atoms with Crippen LogP contribution in [-0.2, 0) is 24.4 Å². The van der Waals surface area contributed by atoms with E-state index in [9.17, 15) is 9.59 Å². The Morgan fingerprint density at radius 1 is 1.14 bits per heavy atom. The molecule has 2 aromatic heterocycles. The number of nitrogens with zero attached hydrogens (tertiary/aromatic N) is 2. The Balaban J connectivity index is 1.43. The van der Waals surface area contributed by atoms with Crippen LogP contribution in [0.4, 0.5) is 0 Å². The molecule has 4 rings (SSSR count). The summed E-state index contributed by atoms with van der Waals surface area (Å²) in [6.45, 7) is 7.62. The lowest BCUT2D eigenvalue weighted by atomic mass is 9.97. The van der Waals surface area contributed by atoms with Crippen molar-refractivity contribution >= 4 is 22.8 Å². The molecule has 1 aliphatic heterocycles. The number of aromatic nitrogens is 1. The maximum Gasteiger partial charge on any atom is 0.290 e. The molecule has 1 aromatic carbocycles. The third-order valence-electron chi connectivity index (χ3n) is 5.69. The van der Waals surface area contributed by atoms with Crippen LogP contribution in [-0.4, -0.2) is 21.7 Å². The molecule has 29 heavy (non-hydrogen) atoms. The van der Waals surface area contributed by atoms with Crippen LogP contribution in [0.25, 0.3) is 11.0 Å². The van der Waals surface area contributed by atoms with Crippen LogP contribution in [0, 0.1) is 11.8 Å². The monoisotopic (exact) mass is 391 g/mol. The number of pyridine rings is 1. The molecule has 6 nitrogen and oxygen atoms in total. The van der Waals surface area contributed by atoms with E-state index in [0.29, 0.717) is 36.9 Å². The van der Waals surface area contributed by atoms with E-state index in [1.807, 2.05) is 32.9 Å². The Morgan fingerprint density at radius 2 is 1.93 bits per heavy atom. The summed E-state index contributed by atoms with van der Waals surface area (Å²) in [5.41, 5.74) is 3.94. The van der Waals surface area contributed by atoms with Crippen molar-refractivity contribution in [2.45, 2.75) is 40.4 Å². The Hall–Kier alpha value is -3.15. The second-order valence-electron chi connectivity index (χ2n) is 8.04. The average Bonchev–Trinajstić information content (AvgIpc) is 3.34. The molecule has 3 heterocycles. The van der Waals surface area contributed by atoms with Crippen LogP contribution in [0.5, 0.6) is 0 Å². The summed E-state index contributed by atoms with van der Waals surface area (Å²) in [6.07, 6.45) is 3.34. The first-order valence-electron chi connectivity index (χ1n) is 9.93. The molecule has 1 N–H and O–H groups in total. The summed E-state index contributed by atoms with van der Waals surface area (Å²) in [4.78, 5) is 30.9. The third kappa shape index (κ3) is 3.88. The minimum absolute atomic E-state index is 0.0171. The van der Waals surface area contributed by atoms with E-state index in [2.05, 4.69) is 16.4 Å². The van der Waals surface area contributed by atoms with Gasteiger partial charge in [0.2, 0.25) is 5.91 Å². The maximum atomic E-state index is 12.9. The molecule has 0 spiro atoms. The van der Waals surface area contributed by atoms with Crippen LogP contribution < -0.4 is 5.32 Å². The summed E-state index contributed by atoms with van der Waals surface area (Å²) < 4.78 is 5.69. The number of rotatable bonds is 5. The molecule has 1 atom stereocenters. The molecule has 0 radical (unpaired) electrons. The Morgan fingerprint density at radius 3 is 2.69 bits per heavy atom. The fourth-order valence-electron chi connectivity index (χ4n) is 3.50. The molecule has 150 valence electrons. The number of carbonyl (C=O) groups excluding carboxylic acids is 2. The van der Waals surface area contributed by atoms with E-state index in [1.165, 1.54) is 0 Å². The number of nitrogens with one attached hydrogen (secondary N) is 1. The van der Waals surface area contributed by atoms with E-state index in [4.69, 9.17) is 4.42 Å². The molecule has 0 bridgehead atoms. The van der Waals surface area contributed by atoms with E-state index >= 15 is 0 Å². The SMILES string of the molecule is CC(C)C(C)C(=O)NCc1ccc2c(c1)CN(C(=O)c1cc3cnccc3o1)C2. The minimum Gasteiger partial charge on any atom is -0.451 e. The smallest absolute Gasteiger partial charge is 0.290 e. The lowest BCUT2D eigenvalue weighted by Crippen LogP contribution is -2.31. The number of carbonyl (C=O) groups is 2. The zero-order chi connectivity index (χ0) is 20.5. The van der Waals surface area contributed by atoms with Crippen molar-refractivity contribution in [3.8, 4) is 0 Å². The normalized spacial score (nSPS) is 14.3. The van der Waals surface area contributed by atoms with Crippen LogP contribution in [0.3, 0.4) is 0 Å². The number of furan rings is 1. The van der Waals surface area contributed by atoms with E-state index in [-0.39, 0.29) is 17.7 Å². The van der Waals surface area contributed by atoms with Crippen LogP contribution in [0.15, 0.2) is 47.1 Å². The molecule has 6 heteroatoms. The maximum absolute atomic E-state index is 12.9. The molecule has 3 aromatic rings. The van der Waals surface area contributed by atoms with Crippen molar-refractivity contribution < 1.29 is 14.0 Å². The minimum atomic E-state index is -0.127. The van der Waals surface area contributed by atoms with Crippen molar-refractivity contribution in [1.82, 2.24) is 15.2 Å². The van der Waals surface area contributed by atoms with Crippen molar-refractivity contribution in [3.63, 3.8) is 0 Å². The Labute approximate surface area is 169 Å². The zero-order valence-corrected chi connectivity index (χ0v) is 16.9. The first-order chi connectivity index (χ1) is 13.9. The topological polar surface area (TPSA) is 75.4 Å². The highest BCUT2D eigenvalue weighted by molar-refractivity contribution is 5.96. The van der Waals surface area contributed by atoms with Gasteiger partial charge in [0, 0.05) is 43.3 Å². The molecular formula is C23H25N3O3. The summed E-state index contributed by atoms with van der Waals surface area (Å²) in [5.74, 6) is 0.561. The van der Waals surface area contributed by atoms with Gasteiger partial charge in [-0.2, -0.15) is 0 Å². The van der Waals surface area contributed by atoms with Gasteiger partial charge in [0.25, 0.3) is 5.91 Å². The van der Waals surface area contributed by atoms with Gasteiger partial charge in [-0.15, -0.1) is 0 Å². The quantitative estimate of drug-likeness (QED) is 0.716. The number of amides is 2. The Bertz CT molecular complexity index is 1040. The molecular weight excluding hydrogens is 366 g/mol. The van der Waals surface area contributed by atoms with Crippen molar-refractivity contribution in [2.75, 3.05) is 0 Å². The number of hydrogen-bond donors (Lipinski definition) is 1. The van der Waals surface area contributed by atoms with Gasteiger partial charge in [0.05, 0.1) is 0 Å². The number of hydrogen-bond acceptors (Lipinski definition) is 4. The largest absolute Gasteiger partial charge is 0.451 e. The Kier molecular flexibility index (Phi) is 5.09. The predicted molar refractivity (Wildman–Crippen MR) is 110 cm³/mol. The zero-order valence-electron chi connectivity index (χ0n) is 16.9. The first-order valence-corrected chi connectivity index (χ1v) is 9.93. The van der Waals surface area contributed by atoms with E-state index in [0.717, 1.165) is 22.1 Å². The summed E-state index contributed by atoms with van der Waals surface area (Å²) in [6, 6.07) is 9.63. The highest BCUT2D eigenvalue weighted by Crippen LogP contribution is 2.27.